The number of hydrogen-bond acceptors (Lipinski definition) is 3. The van der Waals surface area contributed by atoms with E-state index in [0.29, 0.717) is 30.6 Å². The maximum Gasteiger partial charge on any atom is 0.126 e. The van der Waals surface area contributed by atoms with Crippen molar-refractivity contribution in [3.8, 4) is 0 Å². The van der Waals surface area contributed by atoms with Gasteiger partial charge in [-0.1, -0.05) is 25.0 Å². The topological polar surface area (TPSA) is 43.7 Å². The number of benzene rings is 1. The van der Waals surface area contributed by atoms with Crippen LogP contribution in [-0.2, 0) is 0 Å². The van der Waals surface area contributed by atoms with Crippen molar-refractivity contribution < 1.29 is 14.6 Å². The molecule has 0 spiro atoms. The Morgan fingerprint density at radius 2 is 2.00 bits per heavy atom. The van der Waals surface area contributed by atoms with Crippen molar-refractivity contribution in [1.29, 1.82) is 0 Å². The Bertz CT molecular complexity index is 472. The van der Waals surface area contributed by atoms with Gasteiger partial charge >= 0.3 is 0 Å². The summed E-state index contributed by atoms with van der Waals surface area (Å²) in [6.45, 7) is 3.03. The van der Waals surface area contributed by atoms with E-state index >= 15 is 0 Å². The van der Waals surface area contributed by atoms with Gasteiger partial charge in [-0.3, -0.25) is 0 Å². The van der Waals surface area contributed by atoms with E-state index in [1.165, 1.54) is 6.07 Å². The van der Waals surface area contributed by atoms with Gasteiger partial charge in [0.25, 0.3) is 0 Å². The van der Waals surface area contributed by atoms with Crippen molar-refractivity contribution in [3.63, 3.8) is 0 Å². The summed E-state index contributed by atoms with van der Waals surface area (Å²) in [5.74, 6) is -0.278. The molecule has 0 radical (unpaired) electrons. The molecule has 1 aromatic rings. The number of aliphatic hydroxyl groups excluding tert-OH is 1. The zero-order valence-corrected chi connectivity index (χ0v) is 13.0. The molecule has 118 valence electrons. The van der Waals surface area contributed by atoms with E-state index in [1.54, 1.807) is 19.1 Å². The van der Waals surface area contributed by atoms with Gasteiger partial charge in [0.05, 0.1) is 11.7 Å². The van der Waals surface area contributed by atoms with Crippen LogP contribution in [0.1, 0.15) is 49.3 Å². The van der Waals surface area contributed by atoms with Gasteiger partial charge in [-0.15, -0.1) is 0 Å². The molecule has 0 saturated heterocycles. The number of nitrogens with zero attached hydrogens (tertiary/aromatic N) is 1. The van der Waals surface area contributed by atoms with Crippen LogP contribution in [0.3, 0.4) is 0 Å². The molecule has 1 aliphatic carbocycles. The number of aryl methyl sites for hydroxylation is 1. The quantitative estimate of drug-likeness (QED) is 0.848. The molecule has 0 aromatic heterocycles. The van der Waals surface area contributed by atoms with Gasteiger partial charge in [-0.05, 0) is 50.4 Å². The minimum absolute atomic E-state index is 0.278. The van der Waals surface area contributed by atoms with Crippen molar-refractivity contribution in [3.05, 3.63) is 35.1 Å². The predicted octanol–water partition coefficient (Wildman–Crippen LogP) is 2.79. The molecule has 1 saturated carbocycles. The maximum atomic E-state index is 13.5. The molecule has 0 amide bonds. The lowest BCUT2D eigenvalue weighted by Gasteiger charge is -2.29. The van der Waals surface area contributed by atoms with Crippen LogP contribution in [0.5, 0.6) is 0 Å². The fourth-order valence-corrected chi connectivity index (χ4v) is 3.10. The Hall–Kier alpha value is -0.970. The number of aliphatic hydroxyl groups is 2. The second-order valence-corrected chi connectivity index (χ2v) is 6.48. The molecule has 0 heterocycles. The largest absolute Gasteiger partial charge is 0.389 e. The van der Waals surface area contributed by atoms with Crippen LogP contribution in [0.4, 0.5) is 4.39 Å². The molecule has 1 aromatic carbocycles. The van der Waals surface area contributed by atoms with Crippen molar-refractivity contribution >= 4 is 0 Å². The lowest BCUT2D eigenvalue weighted by Crippen LogP contribution is -2.39. The average molecular weight is 295 g/mol. The fraction of sp³-hybridized carbons (Fsp3) is 0.647. The van der Waals surface area contributed by atoms with Gasteiger partial charge in [0.1, 0.15) is 5.82 Å². The van der Waals surface area contributed by atoms with Crippen LogP contribution in [0.2, 0.25) is 0 Å². The molecular weight excluding hydrogens is 269 g/mol. The molecule has 1 fully saturated rings. The number of hydrogen-bond donors (Lipinski definition) is 2. The third-order valence-electron chi connectivity index (χ3n) is 4.46. The summed E-state index contributed by atoms with van der Waals surface area (Å²) in [5, 5.41) is 20.5. The molecule has 2 rings (SSSR count). The van der Waals surface area contributed by atoms with Crippen LogP contribution in [-0.4, -0.2) is 40.9 Å². The third-order valence-corrected chi connectivity index (χ3v) is 4.46. The molecular formula is C17H26FNO2. The molecule has 0 bridgehead atoms. The number of likely N-dealkylation sites (N-methyl/N-ethyl adjacent to an activating group) is 1. The molecule has 2 N–H and O–H groups in total. The molecule has 1 atom stereocenters. The Labute approximate surface area is 126 Å². The predicted molar refractivity (Wildman–Crippen MR) is 81.6 cm³/mol. The van der Waals surface area contributed by atoms with Gasteiger partial charge in [0, 0.05) is 13.1 Å². The van der Waals surface area contributed by atoms with Crippen LogP contribution in [0.15, 0.2) is 18.2 Å². The third kappa shape index (κ3) is 4.50. The second-order valence-electron chi connectivity index (χ2n) is 6.48. The summed E-state index contributed by atoms with van der Waals surface area (Å²) in [7, 11) is 1.96. The first kappa shape index (κ1) is 16.4. The summed E-state index contributed by atoms with van der Waals surface area (Å²) >= 11 is 0. The molecule has 4 heteroatoms. The zero-order chi connectivity index (χ0) is 15.5. The highest BCUT2D eigenvalue weighted by Gasteiger charge is 2.32. The average Bonchev–Trinajstić information content (AvgIpc) is 2.85. The van der Waals surface area contributed by atoms with E-state index in [9.17, 15) is 14.6 Å². The maximum absolute atomic E-state index is 13.5. The van der Waals surface area contributed by atoms with Crippen LogP contribution >= 0.6 is 0 Å². The van der Waals surface area contributed by atoms with Crippen LogP contribution in [0.25, 0.3) is 0 Å². The summed E-state index contributed by atoms with van der Waals surface area (Å²) in [6, 6.07) is 4.87. The summed E-state index contributed by atoms with van der Waals surface area (Å²) < 4.78 is 13.5. The lowest BCUT2D eigenvalue weighted by atomic mass is 10.0. The first-order valence-electron chi connectivity index (χ1n) is 7.75. The normalized spacial score (nSPS) is 19.1. The highest BCUT2D eigenvalue weighted by molar-refractivity contribution is 5.24. The van der Waals surface area contributed by atoms with E-state index in [1.807, 2.05) is 7.05 Å². The standard InChI is InChI=1S/C17H26FNO2/c1-13-5-6-14(11-15(13)18)16(20)7-10-19(2)12-17(21)8-3-4-9-17/h5-6,11,16,20-21H,3-4,7-10,12H2,1-2H3. The first-order chi connectivity index (χ1) is 9.89. The van der Waals surface area contributed by atoms with Gasteiger partial charge in [0.15, 0.2) is 0 Å². The van der Waals surface area contributed by atoms with E-state index in [4.69, 9.17) is 0 Å². The fourth-order valence-electron chi connectivity index (χ4n) is 3.10. The molecule has 1 aliphatic rings. The SMILES string of the molecule is Cc1ccc(C(O)CCN(C)CC2(O)CCCC2)cc1F. The van der Waals surface area contributed by atoms with Crippen molar-refractivity contribution in [2.75, 3.05) is 20.1 Å². The summed E-state index contributed by atoms with van der Waals surface area (Å²) in [5.41, 5.74) is 0.646. The Morgan fingerprint density at radius 3 is 2.62 bits per heavy atom. The van der Waals surface area contributed by atoms with E-state index in [-0.39, 0.29) is 5.82 Å². The van der Waals surface area contributed by atoms with E-state index in [0.717, 1.165) is 25.7 Å². The number of halogens is 1. The van der Waals surface area contributed by atoms with Crippen molar-refractivity contribution in [2.24, 2.45) is 0 Å². The van der Waals surface area contributed by atoms with Gasteiger partial charge in [-0.25, -0.2) is 4.39 Å². The Balaban J connectivity index is 1.82. The number of rotatable bonds is 6. The lowest BCUT2D eigenvalue weighted by molar-refractivity contribution is 0.0129. The Morgan fingerprint density at radius 1 is 1.33 bits per heavy atom. The van der Waals surface area contributed by atoms with Gasteiger partial charge in [-0.2, -0.15) is 0 Å². The summed E-state index contributed by atoms with van der Waals surface area (Å²) in [4.78, 5) is 2.05. The smallest absolute Gasteiger partial charge is 0.126 e. The second kappa shape index (κ2) is 6.86. The monoisotopic (exact) mass is 295 g/mol. The minimum atomic E-state index is -0.666. The molecule has 3 nitrogen and oxygen atoms in total. The Kier molecular flexibility index (Phi) is 5.36. The van der Waals surface area contributed by atoms with Crippen LogP contribution in [0, 0.1) is 12.7 Å². The first-order valence-corrected chi connectivity index (χ1v) is 7.75. The minimum Gasteiger partial charge on any atom is -0.389 e. The van der Waals surface area contributed by atoms with E-state index < -0.39 is 11.7 Å². The highest BCUT2D eigenvalue weighted by Crippen LogP contribution is 2.30. The molecule has 1 unspecified atom stereocenters. The van der Waals surface area contributed by atoms with Crippen molar-refractivity contribution in [2.45, 2.75) is 50.7 Å². The zero-order valence-electron chi connectivity index (χ0n) is 13.0. The van der Waals surface area contributed by atoms with Gasteiger partial charge < -0.3 is 15.1 Å². The molecule has 21 heavy (non-hydrogen) atoms. The van der Waals surface area contributed by atoms with Gasteiger partial charge in [0.2, 0.25) is 0 Å². The highest BCUT2D eigenvalue weighted by atomic mass is 19.1. The van der Waals surface area contributed by atoms with Crippen LogP contribution < -0.4 is 0 Å². The summed E-state index contributed by atoms with van der Waals surface area (Å²) in [6.07, 6.45) is 3.78. The molecule has 0 aliphatic heterocycles. The van der Waals surface area contributed by atoms with Crippen molar-refractivity contribution in [1.82, 2.24) is 4.90 Å². The van der Waals surface area contributed by atoms with E-state index in [2.05, 4.69) is 4.90 Å².